The normalized spacial score (nSPS) is 19.4. The maximum atomic E-state index is 11.7. The summed E-state index contributed by atoms with van der Waals surface area (Å²) in [5.41, 5.74) is 1.24. The molecule has 1 saturated heterocycles. The van der Waals surface area contributed by atoms with Crippen LogP contribution in [-0.2, 0) is 4.79 Å². The summed E-state index contributed by atoms with van der Waals surface area (Å²) in [4.78, 5) is 13.7. The van der Waals surface area contributed by atoms with E-state index in [1.807, 2.05) is 11.0 Å². The average Bonchev–Trinajstić information content (AvgIpc) is 2.75. The van der Waals surface area contributed by atoms with E-state index in [4.69, 9.17) is 5.26 Å². The molecule has 0 saturated carbocycles. The number of carbonyl (C=O) groups excluding carboxylic acids is 1. The second-order valence-corrected chi connectivity index (χ2v) is 4.41. The number of rotatable bonds is 3. The van der Waals surface area contributed by atoms with E-state index in [1.165, 1.54) is 0 Å². The minimum Gasteiger partial charge on any atom is -0.392 e. The molecule has 0 aromatic heterocycles. The molecule has 2 rings (SSSR count). The number of nitrogens with one attached hydrogen (secondary N) is 1. The number of nitriles is 1. The first-order chi connectivity index (χ1) is 8.67. The van der Waals surface area contributed by atoms with Gasteiger partial charge in [0.25, 0.3) is 0 Å². The van der Waals surface area contributed by atoms with Crippen LogP contribution in [0.5, 0.6) is 0 Å². The molecule has 0 aliphatic carbocycles. The lowest BCUT2D eigenvalue weighted by molar-refractivity contribution is -0.117. The summed E-state index contributed by atoms with van der Waals surface area (Å²) < 4.78 is 0. The van der Waals surface area contributed by atoms with Gasteiger partial charge >= 0.3 is 0 Å². The van der Waals surface area contributed by atoms with E-state index >= 15 is 0 Å². The Bertz CT molecular complexity index is 464. The fourth-order valence-corrected chi connectivity index (χ4v) is 1.99. The van der Waals surface area contributed by atoms with Crippen LogP contribution in [0.2, 0.25) is 0 Å². The molecule has 94 valence electrons. The van der Waals surface area contributed by atoms with Crippen LogP contribution in [0.3, 0.4) is 0 Å². The molecule has 0 bridgehead atoms. The van der Waals surface area contributed by atoms with Crippen LogP contribution in [0.1, 0.15) is 12.0 Å². The Morgan fingerprint density at radius 2 is 2.22 bits per heavy atom. The number of likely N-dealkylation sites (tertiary alicyclic amines) is 1. The molecule has 1 heterocycles. The van der Waals surface area contributed by atoms with Crippen molar-refractivity contribution in [1.29, 1.82) is 5.26 Å². The molecule has 1 aromatic rings. The molecule has 5 heteroatoms. The van der Waals surface area contributed by atoms with Gasteiger partial charge in [-0.1, -0.05) is 0 Å². The van der Waals surface area contributed by atoms with Gasteiger partial charge in [0.2, 0.25) is 5.91 Å². The Labute approximate surface area is 106 Å². The van der Waals surface area contributed by atoms with Gasteiger partial charge in [0.15, 0.2) is 0 Å². The van der Waals surface area contributed by atoms with Crippen molar-refractivity contribution in [1.82, 2.24) is 4.90 Å². The lowest BCUT2D eigenvalue weighted by Crippen LogP contribution is -2.32. The van der Waals surface area contributed by atoms with E-state index in [9.17, 15) is 9.90 Å². The van der Waals surface area contributed by atoms with Gasteiger partial charge < -0.3 is 10.4 Å². The molecule has 1 aliphatic rings. The quantitative estimate of drug-likeness (QED) is 0.816. The predicted molar refractivity (Wildman–Crippen MR) is 66.9 cm³/mol. The number of aliphatic hydroxyl groups is 1. The number of nitrogens with zero attached hydrogens (tertiary/aromatic N) is 2. The van der Waals surface area contributed by atoms with Gasteiger partial charge in [-0.2, -0.15) is 5.26 Å². The van der Waals surface area contributed by atoms with Gasteiger partial charge in [-0.25, -0.2) is 0 Å². The van der Waals surface area contributed by atoms with E-state index in [1.54, 1.807) is 24.3 Å². The summed E-state index contributed by atoms with van der Waals surface area (Å²) in [6, 6.07) is 8.75. The van der Waals surface area contributed by atoms with E-state index in [0.717, 1.165) is 13.0 Å². The Morgan fingerprint density at radius 3 is 2.78 bits per heavy atom. The first-order valence-electron chi connectivity index (χ1n) is 5.88. The van der Waals surface area contributed by atoms with Crippen LogP contribution in [0.15, 0.2) is 24.3 Å². The minimum absolute atomic E-state index is 0.103. The molecule has 1 aliphatic heterocycles. The Kier molecular flexibility index (Phi) is 3.92. The van der Waals surface area contributed by atoms with Gasteiger partial charge in [-0.05, 0) is 30.7 Å². The SMILES string of the molecule is N#Cc1ccc(NC(=O)CN2CCC(O)C2)cc1. The summed E-state index contributed by atoms with van der Waals surface area (Å²) in [6.07, 6.45) is 0.414. The monoisotopic (exact) mass is 245 g/mol. The van der Waals surface area contributed by atoms with Crippen molar-refractivity contribution >= 4 is 11.6 Å². The minimum atomic E-state index is -0.312. The molecule has 1 atom stereocenters. The lowest BCUT2D eigenvalue weighted by Gasteiger charge is -2.14. The zero-order chi connectivity index (χ0) is 13.0. The van der Waals surface area contributed by atoms with Crippen LogP contribution in [-0.4, -0.2) is 41.7 Å². The standard InChI is InChI=1S/C13H15N3O2/c14-7-10-1-3-11(4-2-10)15-13(18)9-16-6-5-12(17)8-16/h1-4,12,17H,5-6,8-9H2,(H,15,18). The predicted octanol–water partition coefficient (Wildman–Crippen LogP) is 0.563. The number of anilines is 1. The first kappa shape index (κ1) is 12.6. The van der Waals surface area contributed by atoms with Crippen molar-refractivity contribution in [2.75, 3.05) is 25.0 Å². The highest BCUT2D eigenvalue weighted by Crippen LogP contribution is 2.11. The number of carbonyl (C=O) groups is 1. The Balaban J connectivity index is 1.85. The highest BCUT2D eigenvalue weighted by molar-refractivity contribution is 5.92. The number of hydrogen-bond acceptors (Lipinski definition) is 4. The average molecular weight is 245 g/mol. The number of amides is 1. The van der Waals surface area contributed by atoms with Gasteiger partial charge in [-0.3, -0.25) is 9.69 Å². The molecule has 2 N–H and O–H groups in total. The molecular formula is C13H15N3O2. The van der Waals surface area contributed by atoms with Crippen molar-refractivity contribution in [3.63, 3.8) is 0 Å². The van der Waals surface area contributed by atoms with Crippen molar-refractivity contribution in [3.05, 3.63) is 29.8 Å². The van der Waals surface area contributed by atoms with Gasteiger partial charge in [-0.15, -0.1) is 0 Å². The van der Waals surface area contributed by atoms with Crippen LogP contribution in [0, 0.1) is 11.3 Å². The molecule has 0 spiro atoms. The third-order valence-electron chi connectivity index (χ3n) is 2.91. The van der Waals surface area contributed by atoms with Crippen molar-refractivity contribution in [3.8, 4) is 6.07 Å². The van der Waals surface area contributed by atoms with Crippen molar-refractivity contribution in [2.45, 2.75) is 12.5 Å². The lowest BCUT2D eigenvalue weighted by atomic mass is 10.2. The smallest absolute Gasteiger partial charge is 0.238 e. The van der Waals surface area contributed by atoms with E-state index in [0.29, 0.717) is 17.8 Å². The zero-order valence-electron chi connectivity index (χ0n) is 9.97. The molecule has 1 unspecified atom stereocenters. The largest absolute Gasteiger partial charge is 0.392 e. The Hall–Kier alpha value is -1.90. The fourth-order valence-electron chi connectivity index (χ4n) is 1.99. The second kappa shape index (κ2) is 5.63. The van der Waals surface area contributed by atoms with Gasteiger partial charge in [0, 0.05) is 18.8 Å². The maximum Gasteiger partial charge on any atom is 0.238 e. The van der Waals surface area contributed by atoms with Crippen molar-refractivity contribution < 1.29 is 9.90 Å². The second-order valence-electron chi connectivity index (χ2n) is 4.41. The maximum absolute atomic E-state index is 11.7. The molecule has 1 aromatic carbocycles. The topological polar surface area (TPSA) is 76.4 Å². The third kappa shape index (κ3) is 3.29. The summed E-state index contributed by atoms with van der Waals surface area (Å²) in [6.45, 7) is 1.60. The van der Waals surface area contributed by atoms with Gasteiger partial charge in [0.05, 0.1) is 24.3 Å². The van der Waals surface area contributed by atoms with E-state index < -0.39 is 0 Å². The van der Waals surface area contributed by atoms with E-state index in [2.05, 4.69) is 5.32 Å². The number of aliphatic hydroxyl groups excluding tert-OH is 1. The molecule has 0 radical (unpaired) electrons. The number of hydrogen-bond donors (Lipinski definition) is 2. The first-order valence-corrected chi connectivity index (χ1v) is 5.88. The summed E-state index contributed by atoms with van der Waals surface area (Å²) in [5.74, 6) is -0.103. The number of benzene rings is 1. The van der Waals surface area contributed by atoms with Crippen LogP contribution < -0.4 is 5.32 Å². The van der Waals surface area contributed by atoms with Crippen molar-refractivity contribution in [2.24, 2.45) is 0 Å². The Morgan fingerprint density at radius 1 is 1.50 bits per heavy atom. The van der Waals surface area contributed by atoms with Crippen LogP contribution in [0.25, 0.3) is 0 Å². The van der Waals surface area contributed by atoms with Crippen LogP contribution in [0.4, 0.5) is 5.69 Å². The zero-order valence-corrected chi connectivity index (χ0v) is 9.97. The molecular weight excluding hydrogens is 230 g/mol. The van der Waals surface area contributed by atoms with Gasteiger partial charge in [0.1, 0.15) is 0 Å². The highest BCUT2D eigenvalue weighted by Gasteiger charge is 2.21. The summed E-state index contributed by atoms with van der Waals surface area (Å²) in [5, 5.41) is 20.8. The number of β-amino-alcohol motifs (C(OH)–C–C–N with tert-alkyl or cyclic N) is 1. The third-order valence-corrected chi connectivity index (χ3v) is 2.91. The molecule has 18 heavy (non-hydrogen) atoms. The summed E-state index contributed by atoms with van der Waals surface area (Å²) >= 11 is 0. The van der Waals surface area contributed by atoms with Crippen LogP contribution >= 0.6 is 0 Å². The summed E-state index contributed by atoms with van der Waals surface area (Å²) in [7, 11) is 0. The molecule has 1 fully saturated rings. The fraction of sp³-hybridized carbons (Fsp3) is 0.385. The highest BCUT2D eigenvalue weighted by atomic mass is 16.3. The van der Waals surface area contributed by atoms with E-state index in [-0.39, 0.29) is 18.6 Å². The molecule has 1 amide bonds. The molecule has 5 nitrogen and oxygen atoms in total.